The SMILES string of the molecule is COC(=O)/C=C(/OC)[C@@H](C)[C@@H](/C=C/c1csc(-c2csc(CC(C)C)n2)n1)OC. The Labute approximate surface area is 180 Å². The van der Waals surface area contributed by atoms with Gasteiger partial charge >= 0.3 is 5.97 Å². The van der Waals surface area contributed by atoms with Gasteiger partial charge in [0.25, 0.3) is 0 Å². The number of methoxy groups -OCH3 is 3. The molecule has 0 aromatic carbocycles. The minimum Gasteiger partial charge on any atom is -0.500 e. The Kier molecular flexibility index (Phi) is 9.00. The molecule has 0 bridgehead atoms. The molecular formula is C21H28N2O4S2. The van der Waals surface area contributed by atoms with E-state index < -0.39 is 5.97 Å². The van der Waals surface area contributed by atoms with Gasteiger partial charge in [-0.2, -0.15) is 0 Å². The molecule has 29 heavy (non-hydrogen) atoms. The van der Waals surface area contributed by atoms with Crippen molar-refractivity contribution in [3.8, 4) is 10.7 Å². The number of aromatic nitrogens is 2. The molecule has 0 aliphatic rings. The standard InChI is InChI=1S/C21H28N2O4S2/c1-13(2)9-19-23-16(12-28-19)21-22-15(11-29-21)7-8-17(25-4)14(3)18(26-5)10-20(24)27-6/h7-8,10-14,17H,9H2,1-6H3/b8-7+,18-10+/t14-,17+/m0/s1. The highest BCUT2D eigenvalue weighted by atomic mass is 32.1. The predicted molar refractivity (Wildman–Crippen MR) is 118 cm³/mol. The molecule has 0 aliphatic carbocycles. The fourth-order valence-corrected chi connectivity index (χ4v) is 4.50. The lowest BCUT2D eigenvalue weighted by Crippen LogP contribution is -2.21. The molecule has 0 spiro atoms. The van der Waals surface area contributed by atoms with Crippen molar-refractivity contribution in [2.75, 3.05) is 21.3 Å². The van der Waals surface area contributed by atoms with E-state index in [1.165, 1.54) is 20.3 Å². The summed E-state index contributed by atoms with van der Waals surface area (Å²) in [5.74, 6) is 0.446. The molecule has 0 fully saturated rings. The molecule has 0 aliphatic heterocycles. The van der Waals surface area contributed by atoms with Crippen molar-refractivity contribution in [1.29, 1.82) is 0 Å². The lowest BCUT2D eigenvalue weighted by Gasteiger charge is -2.21. The van der Waals surface area contributed by atoms with Crippen molar-refractivity contribution in [1.82, 2.24) is 9.97 Å². The Morgan fingerprint density at radius 1 is 1.10 bits per heavy atom. The molecule has 0 amide bonds. The second kappa shape index (κ2) is 11.2. The maximum absolute atomic E-state index is 11.5. The van der Waals surface area contributed by atoms with E-state index >= 15 is 0 Å². The van der Waals surface area contributed by atoms with Crippen molar-refractivity contribution >= 4 is 34.7 Å². The number of carbonyl (C=O) groups excluding carboxylic acids is 1. The monoisotopic (exact) mass is 436 g/mol. The Bertz CT molecular complexity index is 854. The number of nitrogens with zero attached hydrogens (tertiary/aromatic N) is 2. The Hall–Kier alpha value is -2.03. The number of esters is 1. The van der Waals surface area contributed by atoms with Gasteiger partial charge in [-0.15, -0.1) is 22.7 Å². The van der Waals surface area contributed by atoms with Gasteiger partial charge in [-0.05, 0) is 12.0 Å². The normalized spacial score (nSPS) is 14.4. The minimum absolute atomic E-state index is 0.171. The van der Waals surface area contributed by atoms with E-state index in [2.05, 4.69) is 28.9 Å². The quantitative estimate of drug-likeness (QED) is 0.302. The lowest BCUT2D eigenvalue weighted by molar-refractivity contribution is -0.135. The molecule has 2 rings (SSSR count). The highest BCUT2D eigenvalue weighted by molar-refractivity contribution is 7.14. The van der Waals surface area contributed by atoms with E-state index in [9.17, 15) is 4.79 Å². The average molecular weight is 437 g/mol. The second-order valence-electron chi connectivity index (χ2n) is 6.92. The van der Waals surface area contributed by atoms with Crippen LogP contribution in [-0.2, 0) is 25.4 Å². The van der Waals surface area contributed by atoms with Crippen LogP contribution in [0.2, 0.25) is 0 Å². The number of rotatable bonds is 10. The second-order valence-corrected chi connectivity index (χ2v) is 8.72. The van der Waals surface area contributed by atoms with Gasteiger partial charge < -0.3 is 14.2 Å². The molecule has 0 radical (unpaired) electrons. The fourth-order valence-electron chi connectivity index (χ4n) is 2.69. The summed E-state index contributed by atoms with van der Waals surface area (Å²) in [6.45, 7) is 6.31. The van der Waals surface area contributed by atoms with Crippen LogP contribution in [0.25, 0.3) is 16.8 Å². The fraction of sp³-hybridized carbons (Fsp3) is 0.476. The summed E-state index contributed by atoms with van der Waals surface area (Å²) < 4.78 is 15.6. The van der Waals surface area contributed by atoms with Crippen molar-refractivity contribution in [3.05, 3.63) is 39.4 Å². The van der Waals surface area contributed by atoms with Crippen molar-refractivity contribution < 1.29 is 19.0 Å². The lowest BCUT2D eigenvalue weighted by atomic mass is 10.0. The zero-order valence-electron chi connectivity index (χ0n) is 17.7. The highest BCUT2D eigenvalue weighted by Gasteiger charge is 2.20. The van der Waals surface area contributed by atoms with Crippen molar-refractivity contribution in [3.63, 3.8) is 0 Å². The van der Waals surface area contributed by atoms with Gasteiger partial charge in [0, 0.05) is 30.2 Å². The summed E-state index contributed by atoms with van der Waals surface area (Å²) in [5.41, 5.74) is 1.77. The van der Waals surface area contributed by atoms with Gasteiger partial charge in [0.1, 0.15) is 16.5 Å². The first-order chi connectivity index (χ1) is 13.9. The molecule has 2 atom stereocenters. The minimum atomic E-state index is -0.461. The molecule has 0 N–H and O–H groups in total. The third-order valence-electron chi connectivity index (χ3n) is 4.24. The summed E-state index contributed by atoms with van der Waals surface area (Å²) in [5, 5.41) is 6.10. The third kappa shape index (κ3) is 6.76. The van der Waals surface area contributed by atoms with Crippen LogP contribution >= 0.6 is 22.7 Å². The van der Waals surface area contributed by atoms with Crippen LogP contribution in [-0.4, -0.2) is 43.4 Å². The van der Waals surface area contributed by atoms with E-state index in [-0.39, 0.29) is 12.0 Å². The number of carbonyl (C=O) groups is 1. The summed E-state index contributed by atoms with van der Waals surface area (Å²) in [6, 6.07) is 0. The molecule has 8 heteroatoms. The maximum atomic E-state index is 11.5. The number of thiazole rings is 2. The van der Waals surface area contributed by atoms with Gasteiger partial charge in [0.15, 0.2) is 0 Å². The largest absolute Gasteiger partial charge is 0.500 e. The van der Waals surface area contributed by atoms with Gasteiger partial charge in [-0.1, -0.05) is 26.8 Å². The van der Waals surface area contributed by atoms with Gasteiger partial charge in [-0.25, -0.2) is 14.8 Å². The smallest absolute Gasteiger partial charge is 0.333 e. The van der Waals surface area contributed by atoms with E-state index in [4.69, 9.17) is 14.5 Å². The van der Waals surface area contributed by atoms with Gasteiger partial charge in [0.05, 0.1) is 37.1 Å². The van der Waals surface area contributed by atoms with Crippen LogP contribution in [0.4, 0.5) is 0 Å². The van der Waals surface area contributed by atoms with Crippen LogP contribution < -0.4 is 0 Å². The third-order valence-corrected chi connectivity index (χ3v) is 6.00. The first kappa shape index (κ1) is 23.3. The van der Waals surface area contributed by atoms with Crippen molar-refractivity contribution in [2.24, 2.45) is 11.8 Å². The maximum Gasteiger partial charge on any atom is 0.333 e. The molecule has 158 valence electrons. The first-order valence-corrected chi connectivity index (χ1v) is 11.1. The molecule has 2 aromatic rings. The molecule has 0 unspecified atom stereocenters. The van der Waals surface area contributed by atoms with Crippen LogP contribution in [0.15, 0.2) is 28.7 Å². The Morgan fingerprint density at radius 3 is 2.48 bits per heavy atom. The summed E-state index contributed by atoms with van der Waals surface area (Å²) in [4.78, 5) is 20.9. The van der Waals surface area contributed by atoms with Crippen LogP contribution in [0.5, 0.6) is 0 Å². The summed E-state index contributed by atoms with van der Waals surface area (Å²) >= 11 is 3.25. The molecule has 2 heterocycles. The molecular weight excluding hydrogens is 408 g/mol. The van der Waals surface area contributed by atoms with Gasteiger partial charge in [-0.3, -0.25) is 0 Å². The van der Waals surface area contributed by atoms with Crippen LogP contribution in [0, 0.1) is 11.8 Å². The van der Waals surface area contributed by atoms with E-state index in [0.717, 1.165) is 27.8 Å². The Morgan fingerprint density at radius 2 is 1.86 bits per heavy atom. The molecule has 6 nitrogen and oxygen atoms in total. The van der Waals surface area contributed by atoms with Gasteiger partial charge in [0.2, 0.25) is 0 Å². The topological polar surface area (TPSA) is 70.5 Å². The predicted octanol–water partition coefficient (Wildman–Crippen LogP) is 4.83. The molecule has 0 saturated carbocycles. The number of hydrogen-bond acceptors (Lipinski definition) is 8. The number of hydrogen-bond donors (Lipinski definition) is 0. The molecule has 2 aromatic heterocycles. The zero-order valence-corrected chi connectivity index (χ0v) is 19.3. The van der Waals surface area contributed by atoms with E-state index in [1.807, 2.05) is 24.5 Å². The number of ether oxygens (including phenoxy) is 3. The first-order valence-electron chi connectivity index (χ1n) is 9.32. The van der Waals surface area contributed by atoms with E-state index in [0.29, 0.717) is 11.7 Å². The highest BCUT2D eigenvalue weighted by Crippen LogP contribution is 2.27. The summed E-state index contributed by atoms with van der Waals surface area (Å²) in [7, 11) is 4.48. The molecule has 0 saturated heterocycles. The average Bonchev–Trinajstić information content (AvgIpc) is 3.35. The Balaban J connectivity index is 2.11. The summed E-state index contributed by atoms with van der Waals surface area (Å²) in [6.07, 6.45) is 5.86. The van der Waals surface area contributed by atoms with Crippen molar-refractivity contribution in [2.45, 2.75) is 33.3 Å². The van der Waals surface area contributed by atoms with Crippen LogP contribution in [0.3, 0.4) is 0 Å². The van der Waals surface area contributed by atoms with E-state index in [1.54, 1.807) is 29.8 Å². The zero-order chi connectivity index (χ0) is 21.4. The van der Waals surface area contributed by atoms with Crippen LogP contribution in [0.1, 0.15) is 31.5 Å².